The minimum absolute atomic E-state index is 0.210. The SMILES string of the molecule is CCS(=O)(=O)N(C)C1=C(OC(C)=O)C(=O)C(C)(c2ccccn2)O1. The first-order valence-corrected chi connectivity index (χ1v) is 8.79. The van der Waals surface area contributed by atoms with E-state index < -0.39 is 33.1 Å². The number of hydrogen-bond acceptors (Lipinski definition) is 7. The second-order valence-corrected chi connectivity index (χ2v) is 7.56. The summed E-state index contributed by atoms with van der Waals surface area (Å²) in [6, 6.07) is 4.90. The van der Waals surface area contributed by atoms with E-state index in [1.54, 1.807) is 18.2 Å². The second kappa shape index (κ2) is 6.23. The maximum absolute atomic E-state index is 12.8. The van der Waals surface area contributed by atoms with Crippen LogP contribution in [-0.4, -0.2) is 42.3 Å². The lowest BCUT2D eigenvalue weighted by Crippen LogP contribution is -2.34. The zero-order chi connectivity index (χ0) is 18.1. The van der Waals surface area contributed by atoms with E-state index in [4.69, 9.17) is 9.47 Å². The lowest BCUT2D eigenvalue weighted by Gasteiger charge is -2.25. The van der Waals surface area contributed by atoms with E-state index in [-0.39, 0.29) is 17.3 Å². The molecule has 8 nitrogen and oxygen atoms in total. The van der Waals surface area contributed by atoms with Crippen molar-refractivity contribution in [3.8, 4) is 0 Å². The predicted molar refractivity (Wildman–Crippen MR) is 83.7 cm³/mol. The Kier molecular flexibility index (Phi) is 4.66. The number of ketones is 1. The van der Waals surface area contributed by atoms with Crippen molar-refractivity contribution in [2.75, 3.05) is 12.8 Å². The van der Waals surface area contributed by atoms with Crippen LogP contribution in [0.25, 0.3) is 0 Å². The molecule has 2 rings (SSSR count). The highest BCUT2D eigenvalue weighted by Gasteiger charge is 2.52. The van der Waals surface area contributed by atoms with Crippen LogP contribution in [0.2, 0.25) is 0 Å². The lowest BCUT2D eigenvalue weighted by atomic mass is 9.96. The fourth-order valence-corrected chi connectivity index (χ4v) is 2.93. The summed E-state index contributed by atoms with van der Waals surface area (Å²) in [4.78, 5) is 28.2. The Balaban J connectivity index is 2.55. The molecule has 0 fully saturated rings. The zero-order valence-corrected chi connectivity index (χ0v) is 14.6. The number of pyridine rings is 1. The highest BCUT2D eigenvalue weighted by atomic mass is 32.2. The van der Waals surface area contributed by atoms with Gasteiger partial charge in [-0.15, -0.1) is 0 Å². The third-order valence-corrected chi connectivity index (χ3v) is 5.33. The first-order chi connectivity index (χ1) is 11.1. The number of carbonyl (C=O) groups excluding carboxylic acids is 2. The molecule has 9 heteroatoms. The van der Waals surface area contributed by atoms with E-state index in [1.807, 2.05) is 0 Å². The number of hydrogen-bond donors (Lipinski definition) is 0. The van der Waals surface area contributed by atoms with Crippen molar-refractivity contribution in [2.24, 2.45) is 0 Å². The van der Waals surface area contributed by atoms with Crippen LogP contribution in [0.15, 0.2) is 36.0 Å². The van der Waals surface area contributed by atoms with Gasteiger partial charge in [0.15, 0.2) is 0 Å². The summed E-state index contributed by atoms with van der Waals surface area (Å²) >= 11 is 0. The Morgan fingerprint density at radius 2 is 2.08 bits per heavy atom. The summed E-state index contributed by atoms with van der Waals surface area (Å²) in [5.41, 5.74) is -1.31. The molecule has 0 saturated carbocycles. The molecule has 1 aliphatic heterocycles. The molecule has 24 heavy (non-hydrogen) atoms. The average Bonchev–Trinajstić information content (AvgIpc) is 2.80. The largest absolute Gasteiger partial charge is 0.454 e. The van der Waals surface area contributed by atoms with Gasteiger partial charge < -0.3 is 9.47 Å². The van der Waals surface area contributed by atoms with Crippen LogP contribution in [0.4, 0.5) is 0 Å². The van der Waals surface area contributed by atoms with Crippen molar-refractivity contribution in [2.45, 2.75) is 26.4 Å². The average molecular weight is 354 g/mol. The van der Waals surface area contributed by atoms with E-state index in [9.17, 15) is 18.0 Å². The maximum Gasteiger partial charge on any atom is 0.308 e. The van der Waals surface area contributed by atoms with Crippen molar-refractivity contribution in [3.05, 3.63) is 41.7 Å². The summed E-state index contributed by atoms with van der Waals surface area (Å²) in [7, 11) is -2.49. The molecule has 0 aliphatic carbocycles. The number of sulfonamides is 1. The van der Waals surface area contributed by atoms with Crippen molar-refractivity contribution < 1.29 is 27.5 Å². The monoisotopic (exact) mass is 354 g/mol. The molecular formula is C15H18N2O6S. The quantitative estimate of drug-likeness (QED) is 0.724. The number of Topliss-reactive ketones (excluding diaryl/α,β-unsaturated/α-hetero) is 1. The zero-order valence-electron chi connectivity index (χ0n) is 13.8. The van der Waals surface area contributed by atoms with Gasteiger partial charge in [-0.1, -0.05) is 6.07 Å². The summed E-state index contributed by atoms with van der Waals surface area (Å²) in [6.45, 7) is 4.01. The van der Waals surface area contributed by atoms with Crippen LogP contribution in [0, 0.1) is 0 Å². The Morgan fingerprint density at radius 1 is 1.42 bits per heavy atom. The summed E-state index contributed by atoms with van der Waals surface area (Å²) in [5.74, 6) is -2.42. The van der Waals surface area contributed by atoms with E-state index in [2.05, 4.69) is 4.98 Å². The highest BCUT2D eigenvalue weighted by molar-refractivity contribution is 7.89. The maximum atomic E-state index is 12.8. The van der Waals surface area contributed by atoms with Gasteiger partial charge in [-0.2, -0.15) is 0 Å². The van der Waals surface area contributed by atoms with Crippen LogP contribution in [0.1, 0.15) is 26.5 Å². The third kappa shape index (κ3) is 2.99. The molecule has 0 bridgehead atoms. The molecule has 0 saturated heterocycles. The minimum Gasteiger partial charge on any atom is -0.454 e. The molecule has 0 N–H and O–H groups in total. The molecule has 0 amide bonds. The Morgan fingerprint density at radius 3 is 2.58 bits per heavy atom. The van der Waals surface area contributed by atoms with Gasteiger partial charge in [-0.25, -0.2) is 12.7 Å². The van der Waals surface area contributed by atoms with E-state index in [0.717, 1.165) is 11.2 Å². The third-order valence-electron chi connectivity index (χ3n) is 3.60. The number of carbonyl (C=O) groups is 2. The van der Waals surface area contributed by atoms with Crippen molar-refractivity contribution >= 4 is 21.8 Å². The van der Waals surface area contributed by atoms with E-state index in [0.29, 0.717) is 0 Å². The van der Waals surface area contributed by atoms with Gasteiger partial charge in [0.2, 0.25) is 21.4 Å². The Bertz CT molecular complexity index is 803. The fraction of sp³-hybridized carbons (Fsp3) is 0.400. The van der Waals surface area contributed by atoms with Gasteiger partial charge in [-0.3, -0.25) is 14.6 Å². The minimum atomic E-state index is -3.72. The molecular weight excluding hydrogens is 336 g/mol. The summed E-state index contributed by atoms with van der Waals surface area (Å²) in [6.07, 6.45) is 1.48. The van der Waals surface area contributed by atoms with Gasteiger partial charge in [0.1, 0.15) is 0 Å². The van der Waals surface area contributed by atoms with Gasteiger partial charge in [-0.05, 0) is 26.0 Å². The van der Waals surface area contributed by atoms with Gasteiger partial charge in [0, 0.05) is 20.2 Å². The molecule has 0 spiro atoms. The van der Waals surface area contributed by atoms with Crippen LogP contribution in [0.5, 0.6) is 0 Å². The number of ether oxygens (including phenoxy) is 2. The molecule has 0 aromatic carbocycles. The van der Waals surface area contributed by atoms with Crippen LogP contribution >= 0.6 is 0 Å². The van der Waals surface area contributed by atoms with Crippen molar-refractivity contribution in [3.63, 3.8) is 0 Å². The normalized spacial score (nSPS) is 20.8. The van der Waals surface area contributed by atoms with Crippen LogP contribution in [0.3, 0.4) is 0 Å². The molecule has 0 radical (unpaired) electrons. The molecule has 1 unspecified atom stereocenters. The predicted octanol–water partition coefficient (Wildman–Crippen LogP) is 0.910. The first kappa shape index (κ1) is 17.9. The van der Waals surface area contributed by atoms with Gasteiger partial charge >= 0.3 is 5.97 Å². The number of esters is 1. The highest BCUT2D eigenvalue weighted by Crippen LogP contribution is 2.39. The lowest BCUT2D eigenvalue weighted by molar-refractivity contribution is -0.142. The van der Waals surface area contributed by atoms with Crippen molar-refractivity contribution in [1.82, 2.24) is 9.29 Å². The molecule has 1 aromatic heterocycles. The Hall–Kier alpha value is -2.42. The number of rotatable bonds is 5. The van der Waals surface area contributed by atoms with Crippen molar-refractivity contribution in [1.29, 1.82) is 0 Å². The van der Waals surface area contributed by atoms with Gasteiger partial charge in [0.25, 0.3) is 11.7 Å². The number of nitrogens with zero attached hydrogens (tertiary/aromatic N) is 2. The first-order valence-electron chi connectivity index (χ1n) is 7.18. The molecule has 1 aliphatic rings. The molecule has 1 aromatic rings. The van der Waals surface area contributed by atoms with Crippen LogP contribution < -0.4 is 0 Å². The Labute approximate surface area is 140 Å². The summed E-state index contributed by atoms with van der Waals surface area (Å²) in [5, 5.41) is 0. The smallest absolute Gasteiger partial charge is 0.308 e. The van der Waals surface area contributed by atoms with Gasteiger partial charge in [0.05, 0.1) is 11.4 Å². The standard InChI is InChI=1S/C15H18N2O6S/c1-5-24(20,21)17(4)14-12(22-10(2)18)13(19)15(3,23-14)11-8-6-7-9-16-11/h6-9H,5H2,1-4H3. The molecule has 2 heterocycles. The summed E-state index contributed by atoms with van der Waals surface area (Å²) < 4.78 is 35.6. The second-order valence-electron chi connectivity index (χ2n) is 5.28. The van der Waals surface area contributed by atoms with E-state index >= 15 is 0 Å². The van der Waals surface area contributed by atoms with Crippen LogP contribution in [-0.2, 0) is 34.7 Å². The fourth-order valence-electron chi connectivity index (χ4n) is 2.17. The van der Waals surface area contributed by atoms with E-state index in [1.165, 1.54) is 27.1 Å². The topological polar surface area (TPSA) is 103 Å². The molecule has 130 valence electrons. The molecule has 1 atom stereocenters. The number of aromatic nitrogens is 1.